The number of tetrazole rings is 1. The van der Waals surface area contributed by atoms with Crippen LogP contribution in [-0.4, -0.2) is 39.4 Å². The van der Waals surface area contributed by atoms with Gasteiger partial charge in [0.2, 0.25) is 5.95 Å². The van der Waals surface area contributed by atoms with Crippen molar-refractivity contribution in [3.63, 3.8) is 0 Å². The molecule has 0 saturated carbocycles. The Bertz CT molecular complexity index is 830. The molecule has 0 saturated heterocycles. The number of nitrogens with zero attached hydrogens (tertiary/aromatic N) is 4. The van der Waals surface area contributed by atoms with Gasteiger partial charge >= 0.3 is 5.97 Å². The Labute approximate surface area is 158 Å². The molecule has 27 heavy (non-hydrogen) atoms. The molecule has 2 aromatic rings. The number of hydrogen-bond donors (Lipinski definition) is 1. The Hall–Kier alpha value is -2.90. The molecule has 2 heterocycles. The number of anilines is 1. The third-order valence-electron chi connectivity index (χ3n) is 4.31. The summed E-state index contributed by atoms with van der Waals surface area (Å²) in [6.07, 6.45) is 2.81. The third-order valence-corrected chi connectivity index (χ3v) is 4.31. The molecule has 8 nitrogen and oxygen atoms in total. The number of carbonyl (C=O) groups excluding carboxylic acids is 1. The average Bonchev–Trinajstić information content (AvgIpc) is 3.13. The predicted molar refractivity (Wildman–Crippen MR) is 100 cm³/mol. The highest BCUT2D eigenvalue weighted by Crippen LogP contribution is 2.36. The van der Waals surface area contributed by atoms with Crippen LogP contribution >= 0.6 is 0 Å². The molecule has 3 rings (SSSR count). The van der Waals surface area contributed by atoms with Gasteiger partial charge in [-0.25, -0.2) is 4.79 Å². The third kappa shape index (κ3) is 4.10. The maximum Gasteiger partial charge on any atom is 0.338 e. The van der Waals surface area contributed by atoms with E-state index in [1.54, 1.807) is 4.68 Å². The van der Waals surface area contributed by atoms with Gasteiger partial charge in [-0.2, -0.15) is 4.68 Å². The number of benzene rings is 1. The van der Waals surface area contributed by atoms with Gasteiger partial charge in [-0.05, 0) is 47.9 Å². The summed E-state index contributed by atoms with van der Waals surface area (Å²) in [6.45, 7) is 6.93. The summed E-state index contributed by atoms with van der Waals surface area (Å²) in [7, 11) is 0. The smallest absolute Gasteiger partial charge is 0.338 e. The van der Waals surface area contributed by atoms with E-state index >= 15 is 0 Å². The number of carbonyl (C=O) groups is 1. The minimum Gasteiger partial charge on any atom is -0.494 e. The number of esters is 1. The van der Waals surface area contributed by atoms with Crippen LogP contribution in [0.2, 0.25) is 0 Å². The molecular weight excluding hydrogens is 346 g/mol. The SMILES string of the molecule is CCCCOc1cccc(C2C(C(=O)OCCC)=C(C)Nc3nnnn32)c1. The minimum atomic E-state index is -0.477. The van der Waals surface area contributed by atoms with Crippen LogP contribution in [0.3, 0.4) is 0 Å². The molecule has 1 aliphatic heterocycles. The number of rotatable bonds is 8. The van der Waals surface area contributed by atoms with E-state index in [2.05, 4.69) is 27.8 Å². The van der Waals surface area contributed by atoms with Gasteiger partial charge in [0.05, 0.1) is 18.8 Å². The van der Waals surface area contributed by atoms with Crippen LogP contribution in [0.5, 0.6) is 5.75 Å². The van der Waals surface area contributed by atoms with Gasteiger partial charge in [0.25, 0.3) is 0 Å². The second-order valence-corrected chi connectivity index (χ2v) is 6.42. The summed E-state index contributed by atoms with van der Waals surface area (Å²) >= 11 is 0. The lowest BCUT2D eigenvalue weighted by Crippen LogP contribution is -2.29. The minimum absolute atomic E-state index is 0.366. The van der Waals surface area contributed by atoms with Gasteiger partial charge in [0.15, 0.2) is 0 Å². The first kappa shape index (κ1) is 18.9. The summed E-state index contributed by atoms with van der Waals surface area (Å²) in [4.78, 5) is 12.7. The van der Waals surface area contributed by atoms with E-state index in [4.69, 9.17) is 9.47 Å². The molecule has 1 aromatic heterocycles. The van der Waals surface area contributed by atoms with Gasteiger partial charge in [-0.15, -0.1) is 0 Å². The first-order valence-electron chi connectivity index (χ1n) is 9.31. The monoisotopic (exact) mass is 371 g/mol. The molecule has 1 atom stereocenters. The quantitative estimate of drug-likeness (QED) is 0.563. The van der Waals surface area contributed by atoms with E-state index in [0.29, 0.717) is 30.4 Å². The Morgan fingerprint density at radius 3 is 2.89 bits per heavy atom. The molecule has 0 aliphatic carbocycles. The van der Waals surface area contributed by atoms with E-state index < -0.39 is 6.04 Å². The van der Waals surface area contributed by atoms with E-state index in [1.165, 1.54) is 0 Å². The molecule has 1 unspecified atom stereocenters. The molecule has 0 amide bonds. The van der Waals surface area contributed by atoms with Crippen molar-refractivity contribution in [1.82, 2.24) is 20.2 Å². The zero-order valence-corrected chi connectivity index (χ0v) is 15.9. The Morgan fingerprint density at radius 1 is 1.26 bits per heavy atom. The van der Waals surface area contributed by atoms with Crippen molar-refractivity contribution < 1.29 is 14.3 Å². The van der Waals surface area contributed by atoms with Crippen LogP contribution in [0.4, 0.5) is 5.95 Å². The van der Waals surface area contributed by atoms with Gasteiger partial charge in [-0.1, -0.05) is 37.5 Å². The van der Waals surface area contributed by atoms with Crippen molar-refractivity contribution in [3.8, 4) is 5.75 Å². The zero-order chi connectivity index (χ0) is 19.2. The lowest BCUT2D eigenvalue weighted by atomic mass is 9.95. The number of unbranched alkanes of at least 4 members (excludes halogenated alkanes) is 1. The van der Waals surface area contributed by atoms with Gasteiger partial charge < -0.3 is 14.8 Å². The van der Waals surface area contributed by atoms with E-state index in [9.17, 15) is 4.79 Å². The summed E-state index contributed by atoms with van der Waals surface area (Å²) in [5.41, 5.74) is 2.04. The van der Waals surface area contributed by atoms with Crippen LogP contribution in [0.15, 0.2) is 35.5 Å². The maximum atomic E-state index is 12.7. The Balaban J connectivity index is 1.97. The number of allylic oxidation sites excluding steroid dienone is 1. The number of nitrogens with one attached hydrogen (secondary N) is 1. The highest BCUT2D eigenvalue weighted by atomic mass is 16.5. The molecule has 0 spiro atoms. The van der Waals surface area contributed by atoms with E-state index in [0.717, 1.165) is 30.6 Å². The highest BCUT2D eigenvalue weighted by molar-refractivity contribution is 5.92. The highest BCUT2D eigenvalue weighted by Gasteiger charge is 2.35. The predicted octanol–water partition coefficient (Wildman–Crippen LogP) is 3.09. The molecule has 0 radical (unpaired) electrons. The average molecular weight is 371 g/mol. The van der Waals surface area contributed by atoms with Crippen LogP contribution in [-0.2, 0) is 9.53 Å². The fourth-order valence-corrected chi connectivity index (χ4v) is 2.97. The van der Waals surface area contributed by atoms with Crippen molar-refractivity contribution in [3.05, 3.63) is 41.1 Å². The number of aromatic nitrogens is 4. The van der Waals surface area contributed by atoms with E-state index in [1.807, 2.05) is 38.1 Å². The number of hydrogen-bond acceptors (Lipinski definition) is 7. The largest absolute Gasteiger partial charge is 0.494 e. The summed E-state index contributed by atoms with van der Waals surface area (Å²) in [6, 6.07) is 7.21. The van der Waals surface area contributed by atoms with Crippen LogP contribution in [0.1, 0.15) is 51.6 Å². The normalized spacial score (nSPS) is 15.9. The number of ether oxygens (including phenoxy) is 2. The molecule has 1 aromatic carbocycles. The first-order chi connectivity index (χ1) is 13.2. The second kappa shape index (κ2) is 8.66. The zero-order valence-electron chi connectivity index (χ0n) is 15.9. The fraction of sp³-hybridized carbons (Fsp3) is 0.474. The molecule has 0 fully saturated rings. The van der Waals surface area contributed by atoms with Crippen molar-refractivity contribution >= 4 is 11.9 Å². The Kier molecular flexibility index (Phi) is 6.05. The fourth-order valence-electron chi connectivity index (χ4n) is 2.97. The molecule has 1 aliphatic rings. The summed E-state index contributed by atoms with van der Waals surface area (Å²) in [5, 5.41) is 14.9. The van der Waals surface area contributed by atoms with Crippen molar-refractivity contribution in [2.75, 3.05) is 18.5 Å². The lowest BCUT2D eigenvalue weighted by molar-refractivity contribution is -0.139. The van der Waals surface area contributed by atoms with Crippen LogP contribution in [0, 0.1) is 0 Å². The van der Waals surface area contributed by atoms with Crippen molar-refractivity contribution in [2.45, 2.75) is 46.1 Å². The molecule has 1 N–H and O–H groups in total. The number of fused-ring (bicyclic) bond motifs is 1. The van der Waals surface area contributed by atoms with Gasteiger partial charge in [-0.3, -0.25) is 0 Å². The molecule has 8 heteroatoms. The molecule has 0 bridgehead atoms. The Morgan fingerprint density at radius 2 is 2.11 bits per heavy atom. The lowest BCUT2D eigenvalue weighted by Gasteiger charge is -2.27. The summed E-state index contributed by atoms with van der Waals surface area (Å²) < 4.78 is 12.8. The maximum absolute atomic E-state index is 12.7. The standard InChI is InChI=1S/C19H25N5O3/c1-4-6-11-26-15-9-7-8-14(12-15)17-16(18(25)27-10-5-2)13(3)20-19-21-22-23-24(17)19/h7-9,12,17H,4-6,10-11H2,1-3H3,(H,20,21,23). The first-order valence-corrected chi connectivity index (χ1v) is 9.31. The van der Waals surface area contributed by atoms with Crippen LogP contribution in [0.25, 0.3) is 0 Å². The molecule has 144 valence electrons. The summed E-state index contributed by atoms with van der Waals surface area (Å²) in [5.74, 6) is 0.875. The van der Waals surface area contributed by atoms with E-state index in [-0.39, 0.29) is 5.97 Å². The van der Waals surface area contributed by atoms with Crippen LogP contribution < -0.4 is 10.1 Å². The van der Waals surface area contributed by atoms with Gasteiger partial charge in [0.1, 0.15) is 11.8 Å². The topological polar surface area (TPSA) is 91.2 Å². The molecular formula is C19H25N5O3. The van der Waals surface area contributed by atoms with Gasteiger partial charge in [0, 0.05) is 5.70 Å². The van der Waals surface area contributed by atoms with Crippen molar-refractivity contribution in [1.29, 1.82) is 0 Å². The van der Waals surface area contributed by atoms with Crippen molar-refractivity contribution in [2.24, 2.45) is 0 Å². The second-order valence-electron chi connectivity index (χ2n) is 6.42.